The first-order valence-corrected chi connectivity index (χ1v) is 7.87. The largest absolute Gasteiger partial charge is 0.462 e. The first-order chi connectivity index (χ1) is 9.13. The maximum absolute atomic E-state index is 12.2. The number of carbonyl (C=O) groups is 2. The summed E-state index contributed by atoms with van der Waals surface area (Å²) >= 11 is 0. The zero-order valence-electron chi connectivity index (χ0n) is 13.5. The van der Waals surface area contributed by atoms with Crippen LogP contribution < -0.4 is 0 Å². The summed E-state index contributed by atoms with van der Waals surface area (Å²) in [6.07, 6.45) is 4.61. The monoisotopic (exact) mass is 280 g/mol. The van der Waals surface area contributed by atoms with E-state index in [-0.39, 0.29) is 29.3 Å². The number of rotatable bonds is 1. The highest BCUT2D eigenvalue weighted by Gasteiger charge is 2.49. The minimum absolute atomic E-state index is 0.0723. The number of hydrogen-bond donors (Lipinski definition) is 0. The number of carbonyl (C=O) groups excluding carboxylic acids is 2. The predicted octanol–water partition coefficient (Wildman–Crippen LogP) is 3.75. The molecule has 4 atom stereocenters. The van der Waals surface area contributed by atoms with Gasteiger partial charge >= 0.3 is 5.97 Å². The molecule has 2 saturated carbocycles. The van der Waals surface area contributed by atoms with Gasteiger partial charge < -0.3 is 4.74 Å². The Morgan fingerprint density at radius 1 is 1.35 bits per heavy atom. The van der Waals surface area contributed by atoms with E-state index in [4.69, 9.17) is 4.74 Å². The summed E-state index contributed by atoms with van der Waals surface area (Å²) in [6.45, 7) is 9.95. The molecule has 2 aliphatic carbocycles. The molecule has 3 nitrogen and oxygen atoms in total. The van der Waals surface area contributed by atoms with Gasteiger partial charge in [0.2, 0.25) is 0 Å². The molecule has 0 radical (unpaired) electrons. The summed E-state index contributed by atoms with van der Waals surface area (Å²) in [5, 5.41) is 0. The summed E-state index contributed by atoms with van der Waals surface area (Å²) in [5.74, 6) is 0.573. The van der Waals surface area contributed by atoms with Crippen LogP contribution in [0.4, 0.5) is 0 Å². The molecule has 0 aromatic rings. The van der Waals surface area contributed by atoms with Gasteiger partial charge in [0, 0.05) is 18.3 Å². The lowest BCUT2D eigenvalue weighted by molar-refractivity contribution is -0.172. The lowest BCUT2D eigenvalue weighted by atomic mass is 9.57. The Labute approximate surface area is 122 Å². The van der Waals surface area contributed by atoms with Gasteiger partial charge in [-0.15, -0.1) is 0 Å². The minimum Gasteiger partial charge on any atom is -0.462 e. The van der Waals surface area contributed by atoms with Gasteiger partial charge in [-0.2, -0.15) is 0 Å². The maximum atomic E-state index is 12.2. The second-order valence-corrected chi connectivity index (χ2v) is 8.12. The summed E-state index contributed by atoms with van der Waals surface area (Å²) in [6, 6.07) is 0. The molecule has 0 bridgehead atoms. The molecule has 2 fully saturated rings. The van der Waals surface area contributed by atoms with Crippen molar-refractivity contribution in [3.63, 3.8) is 0 Å². The van der Waals surface area contributed by atoms with E-state index >= 15 is 0 Å². The van der Waals surface area contributed by atoms with Gasteiger partial charge in [0.15, 0.2) is 0 Å². The molecule has 3 heteroatoms. The second-order valence-electron chi connectivity index (χ2n) is 8.12. The Kier molecular flexibility index (Phi) is 4.01. The Morgan fingerprint density at radius 3 is 2.60 bits per heavy atom. The second kappa shape index (κ2) is 5.16. The zero-order valence-corrected chi connectivity index (χ0v) is 13.5. The lowest BCUT2D eigenvalue weighted by Gasteiger charge is -2.50. The predicted molar refractivity (Wildman–Crippen MR) is 78.2 cm³/mol. The van der Waals surface area contributed by atoms with Crippen LogP contribution >= 0.6 is 0 Å². The number of esters is 1. The highest BCUT2D eigenvalue weighted by atomic mass is 16.5. The smallest absolute Gasteiger partial charge is 0.311 e. The van der Waals surface area contributed by atoms with Gasteiger partial charge in [0.1, 0.15) is 11.9 Å². The fourth-order valence-corrected chi connectivity index (χ4v) is 3.86. The topological polar surface area (TPSA) is 43.4 Å². The summed E-state index contributed by atoms with van der Waals surface area (Å²) < 4.78 is 5.78. The van der Waals surface area contributed by atoms with Crippen LogP contribution in [0.1, 0.15) is 66.7 Å². The number of Topliss-reactive ketones (excluding diaryl/α,β-unsaturated/α-hetero) is 1. The first kappa shape index (κ1) is 15.5. The van der Waals surface area contributed by atoms with Crippen molar-refractivity contribution in [3.8, 4) is 0 Å². The summed E-state index contributed by atoms with van der Waals surface area (Å²) in [4.78, 5) is 24.2. The molecule has 114 valence electrons. The van der Waals surface area contributed by atoms with Crippen LogP contribution in [0.3, 0.4) is 0 Å². The van der Waals surface area contributed by atoms with Gasteiger partial charge in [-0.3, -0.25) is 9.59 Å². The number of hydrogen-bond acceptors (Lipinski definition) is 3. The third kappa shape index (κ3) is 2.91. The number of fused-ring (bicyclic) bond motifs is 1. The van der Waals surface area contributed by atoms with E-state index in [1.165, 1.54) is 0 Å². The molecule has 0 aromatic heterocycles. The van der Waals surface area contributed by atoms with Crippen LogP contribution in [-0.4, -0.2) is 17.9 Å². The molecule has 0 heterocycles. The molecule has 0 spiro atoms. The van der Waals surface area contributed by atoms with E-state index in [2.05, 4.69) is 6.92 Å². The van der Waals surface area contributed by atoms with Crippen LogP contribution in [0.5, 0.6) is 0 Å². The Balaban J connectivity index is 2.14. The molecule has 0 saturated heterocycles. The van der Waals surface area contributed by atoms with Crippen LogP contribution in [0, 0.1) is 22.7 Å². The zero-order chi connectivity index (χ0) is 15.1. The molecule has 2 aliphatic rings. The molecule has 0 amide bonds. The molecular formula is C17H28O3. The highest BCUT2D eigenvalue weighted by Crippen LogP contribution is 2.51. The molecular weight excluding hydrogens is 252 g/mol. The summed E-state index contributed by atoms with van der Waals surface area (Å²) in [7, 11) is 0. The van der Waals surface area contributed by atoms with E-state index in [9.17, 15) is 9.59 Å². The molecule has 1 unspecified atom stereocenters. The third-order valence-electron chi connectivity index (χ3n) is 5.19. The Hall–Kier alpha value is -0.860. The van der Waals surface area contributed by atoms with Crippen molar-refractivity contribution >= 4 is 11.8 Å². The van der Waals surface area contributed by atoms with Crippen LogP contribution in [0.25, 0.3) is 0 Å². The summed E-state index contributed by atoms with van der Waals surface area (Å²) in [5.41, 5.74) is -0.311. The van der Waals surface area contributed by atoms with E-state index in [0.717, 1.165) is 25.7 Å². The van der Waals surface area contributed by atoms with Crippen LogP contribution in [0.15, 0.2) is 0 Å². The van der Waals surface area contributed by atoms with Crippen molar-refractivity contribution < 1.29 is 14.3 Å². The molecule has 0 N–H and O–H groups in total. The normalized spacial score (nSPS) is 38.2. The lowest BCUT2D eigenvalue weighted by Crippen LogP contribution is -2.49. The van der Waals surface area contributed by atoms with Crippen molar-refractivity contribution in [3.05, 3.63) is 0 Å². The fourth-order valence-electron chi connectivity index (χ4n) is 3.86. The van der Waals surface area contributed by atoms with Gasteiger partial charge in [-0.25, -0.2) is 0 Å². The van der Waals surface area contributed by atoms with E-state index in [0.29, 0.717) is 12.2 Å². The van der Waals surface area contributed by atoms with Crippen molar-refractivity contribution in [1.29, 1.82) is 0 Å². The highest BCUT2D eigenvalue weighted by molar-refractivity contribution is 5.82. The maximum Gasteiger partial charge on any atom is 0.311 e. The molecule has 0 aliphatic heterocycles. The standard InChI is InChI=1S/C17H28O3/c1-11-10-17(5)8-6-7-14(12(17)9-13(11)18)20-15(19)16(2,3)4/h11-12,14H,6-10H2,1-5H3/t11?,12-,14-,17+/m0/s1. The quantitative estimate of drug-likeness (QED) is 0.687. The van der Waals surface area contributed by atoms with Gasteiger partial charge in [-0.05, 0) is 51.9 Å². The molecule has 0 aromatic carbocycles. The van der Waals surface area contributed by atoms with Gasteiger partial charge in [-0.1, -0.05) is 13.8 Å². The van der Waals surface area contributed by atoms with E-state index in [1.54, 1.807) is 0 Å². The van der Waals surface area contributed by atoms with Crippen molar-refractivity contribution in [1.82, 2.24) is 0 Å². The minimum atomic E-state index is -0.472. The average Bonchev–Trinajstić information content (AvgIpc) is 2.30. The first-order valence-electron chi connectivity index (χ1n) is 7.87. The fraction of sp³-hybridized carbons (Fsp3) is 0.882. The van der Waals surface area contributed by atoms with Crippen molar-refractivity contribution in [2.75, 3.05) is 0 Å². The Morgan fingerprint density at radius 2 is 2.00 bits per heavy atom. The third-order valence-corrected chi connectivity index (χ3v) is 5.19. The van der Waals surface area contributed by atoms with Crippen molar-refractivity contribution in [2.45, 2.75) is 72.8 Å². The Bertz CT molecular complexity index is 407. The van der Waals surface area contributed by atoms with E-state index < -0.39 is 5.41 Å². The van der Waals surface area contributed by atoms with Crippen LogP contribution in [-0.2, 0) is 14.3 Å². The molecule has 20 heavy (non-hydrogen) atoms. The van der Waals surface area contributed by atoms with Gasteiger partial charge in [0.25, 0.3) is 0 Å². The average molecular weight is 280 g/mol. The van der Waals surface area contributed by atoms with E-state index in [1.807, 2.05) is 27.7 Å². The number of ketones is 1. The number of ether oxygens (including phenoxy) is 1. The van der Waals surface area contributed by atoms with Crippen LogP contribution in [0.2, 0.25) is 0 Å². The van der Waals surface area contributed by atoms with Crippen molar-refractivity contribution in [2.24, 2.45) is 22.7 Å². The van der Waals surface area contributed by atoms with Gasteiger partial charge in [0.05, 0.1) is 5.41 Å². The molecule has 2 rings (SSSR count). The SMILES string of the molecule is CC1C[C@@]2(C)CCC[C@H](OC(=O)C(C)(C)C)[C@@H]2CC1=O.